The van der Waals surface area contributed by atoms with E-state index in [1.165, 1.54) is 11.1 Å². The molecule has 0 aliphatic carbocycles. The monoisotopic (exact) mass is 204 g/mol. The zero-order valence-corrected chi connectivity index (χ0v) is 8.49. The Labute approximate surface area is 88.0 Å². The lowest BCUT2D eigenvalue weighted by Gasteiger charge is -2.11. The number of aryl methyl sites for hydroxylation is 1. The van der Waals surface area contributed by atoms with Crippen molar-refractivity contribution in [3.8, 4) is 0 Å². The Hall–Kier alpha value is -1.93. The zero-order chi connectivity index (χ0) is 11.1. The number of nitrogens with zero attached hydrogens (tertiary/aromatic N) is 1. The molecule has 1 aliphatic rings. The second-order valence-electron chi connectivity index (χ2n) is 3.03. The summed E-state index contributed by atoms with van der Waals surface area (Å²) in [4.78, 5) is 20.6. The maximum Gasteiger partial charge on any atom is 0.373 e. The van der Waals surface area contributed by atoms with Crippen LogP contribution < -0.4 is 5.32 Å². The molecule has 0 aromatic carbocycles. The molecule has 1 aromatic heterocycles. The Morgan fingerprint density at radius 3 is 2.93 bits per heavy atom. The highest BCUT2D eigenvalue weighted by Crippen LogP contribution is 2.13. The SMILES string of the molecule is CCc1cnc2c(c1)C=CNC2.O=C=O. The number of pyridine rings is 1. The quantitative estimate of drug-likeness (QED) is 0.745. The summed E-state index contributed by atoms with van der Waals surface area (Å²) in [5.41, 5.74) is 3.71. The lowest BCUT2D eigenvalue weighted by Crippen LogP contribution is -2.12. The van der Waals surface area contributed by atoms with Crippen LogP contribution in [0.1, 0.15) is 23.7 Å². The van der Waals surface area contributed by atoms with Crippen molar-refractivity contribution in [3.05, 3.63) is 35.3 Å². The molecule has 0 bridgehead atoms. The second-order valence-corrected chi connectivity index (χ2v) is 3.03. The summed E-state index contributed by atoms with van der Waals surface area (Å²) in [5.74, 6) is 0. The highest BCUT2D eigenvalue weighted by molar-refractivity contribution is 5.54. The van der Waals surface area contributed by atoms with Crippen molar-refractivity contribution in [2.45, 2.75) is 19.9 Å². The first-order chi connectivity index (χ1) is 7.31. The van der Waals surface area contributed by atoms with Crippen molar-refractivity contribution < 1.29 is 9.59 Å². The van der Waals surface area contributed by atoms with E-state index in [2.05, 4.69) is 29.4 Å². The highest BCUT2D eigenvalue weighted by atomic mass is 16.2. The lowest BCUT2D eigenvalue weighted by atomic mass is 10.1. The molecular formula is C11H12N2O2. The minimum absolute atomic E-state index is 0.250. The van der Waals surface area contributed by atoms with E-state index < -0.39 is 0 Å². The molecule has 2 heterocycles. The summed E-state index contributed by atoms with van der Waals surface area (Å²) in [7, 11) is 0. The molecule has 78 valence electrons. The molecule has 15 heavy (non-hydrogen) atoms. The molecule has 1 aromatic rings. The standard InChI is InChI=1S/C10H12N2.CO2/c1-2-8-5-9-3-4-11-7-10(9)12-6-8;2-1-3/h3-6,11H,2,7H2,1H3;. The Morgan fingerprint density at radius 2 is 2.27 bits per heavy atom. The number of hydrogen-bond acceptors (Lipinski definition) is 4. The van der Waals surface area contributed by atoms with Gasteiger partial charge in [-0.05, 0) is 35.9 Å². The molecule has 0 saturated carbocycles. The van der Waals surface area contributed by atoms with Crippen molar-refractivity contribution in [1.29, 1.82) is 0 Å². The number of fused-ring (bicyclic) bond motifs is 1. The van der Waals surface area contributed by atoms with E-state index in [9.17, 15) is 0 Å². The molecule has 2 rings (SSSR count). The highest BCUT2D eigenvalue weighted by Gasteiger charge is 2.04. The fourth-order valence-corrected chi connectivity index (χ4v) is 1.35. The average Bonchev–Trinajstić information content (AvgIpc) is 2.29. The van der Waals surface area contributed by atoms with Crippen molar-refractivity contribution in [3.63, 3.8) is 0 Å². The maximum atomic E-state index is 8.12. The van der Waals surface area contributed by atoms with Crippen molar-refractivity contribution >= 4 is 12.2 Å². The topological polar surface area (TPSA) is 59.1 Å². The van der Waals surface area contributed by atoms with Crippen LogP contribution >= 0.6 is 0 Å². The van der Waals surface area contributed by atoms with Gasteiger partial charge in [0.25, 0.3) is 0 Å². The molecule has 1 aliphatic heterocycles. The molecule has 0 spiro atoms. The van der Waals surface area contributed by atoms with Gasteiger partial charge >= 0.3 is 6.15 Å². The van der Waals surface area contributed by atoms with Crippen LogP contribution in [0.4, 0.5) is 0 Å². The van der Waals surface area contributed by atoms with Gasteiger partial charge in [0.1, 0.15) is 0 Å². The number of aromatic nitrogens is 1. The smallest absolute Gasteiger partial charge is 0.373 e. The first-order valence-electron chi connectivity index (χ1n) is 4.68. The van der Waals surface area contributed by atoms with Gasteiger partial charge in [-0.15, -0.1) is 0 Å². The molecule has 1 N–H and O–H groups in total. The van der Waals surface area contributed by atoms with Gasteiger partial charge in [0.15, 0.2) is 0 Å². The number of hydrogen-bond donors (Lipinski definition) is 1. The zero-order valence-electron chi connectivity index (χ0n) is 8.49. The van der Waals surface area contributed by atoms with E-state index in [0.29, 0.717) is 0 Å². The molecule has 0 radical (unpaired) electrons. The van der Waals surface area contributed by atoms with Gasteiger partial charge in [-0.25, -0.2) is 0 Å². The predicted molar refractivity (Wildman–Crippen MR) is 54.5 cm³/mol. The van der Waals surface area contributed by atoms with Crippen LogP contribution in [0.3, 0.4) is 0 Å². The minimum Gasteiger partial charge on any atom is -0.385 e. The van der Waals surface area contributed by atoms with E-state index in [1.807, 2.05) is 12.4 Å². The Kier molecular flexibility index (Phi) is 4.26. The van der Waals surface area contributed by atoms with Crippen LogP contribution in [0.2, 0.25) is 0 Å². The number of nitrogens with one attached hydrogen (secondary N) is 1. The molecule has 0 atom stereocenters. The third-order valence-corrected chi connectivity index (χ3v) is 2.12. The summed E-state index contributed by atoms with van der Waals surface area (Å²) in [6.45, 7) is 3.00. The van der Waals surface area contributed by atoms with Crippen LogP contribution in [0.5, 0.6) is 0 Å². The Morgan fingerprint density at radius 1 is 1.53 bits per heavy atom. The summed E-state index contributed by atoms with van der Waals surface area (Å²) in [5, 5.41) is 3.14. The number of carbonyl (C=O) groups excluding carboxylic acids is 2. The normalized spacial score (nSPS) is 11.5. The van der Waals surface area contributed by atoms with Gasteiger partial charge < -0.3 is 5.32 Å². The van der Waals surface area contributed by atoms with Gasteiger partial charge in [-0.2, -0.15) is 9.59 Å². The molecule has 0 unspecified atom stereocenters. The first kappa shape index (κ1) is 11.1. The van der Waals surface area contributed by atoms with E-state index in [1.54, 1.807) is 0 Å². The molecular weight excluding hydrogens is 192 g/mol. The third kappa shape index (κ3) is 3.04. The van der Waals surface area contributed by atoms with Gasteiger partial charge in [0.05, 0.1) is 12.2 Å². The van der Waals surface area contributed by atoms with E-state index in [-0.39, 0.29) is 6.15 Å². The van der Waals surface area contributed by atoms with Crippen molar-refractivity contribution in [2.75, 3.05) is 0 Å². The van der Waals surface area contributed by atoms with Gasteiger partial charge in [0, 0.05) is 6.20 Å². The molecule has 0 saturated heterocycles. The Bertz CT molecular complexity index is 394. The van der Waals surface area contributed by atoms with Gasteiger partial charge in [-0.3, -0.25) is 4.98 Å². The number of rotatable bonds is 1. The molecule has 4 nitrogen and oxygen atoms in total. The van der Waals surface area contributed by atoms with Crippen LogP contribution in [-0.4, -0.2) is 11.1 Å². The van der Waals surface area contributed by atoms with Crippen molar-refractivity contribution in [2.24, 2.45) is 0 Å². The lowest BCUT2D eigenvalue weighted by molar-refractivity contribution is -0.191. The first-order valence-corrected chi connectivity index (χ1v) is 4.68. The Balaban J connectivity index is 0.000000337. The van der Waals surface area contributed by atoms with Crippen molar-refractivity contribution in [1.82, 2.24) is 10.3 Å². The summed E-state index contributed by atoms with van der Waals surface area (Å²) >= 11 is 0. The van der Waals surface area contributed by atoms with Crippen LogP contribution in [0.15, 0.2) is 18.5 Å². The third-order valence-electron chi connectivity index (χ3n) is 2.12. The van der Waals surface area contributed by atoms with Gasteiger partial charge in [0.2, 0.25) is 0 Å². The van der Waals surface area contributed by atoms with Crippen LogP contribution in [0, 0.1) is 0 Å². The van der Waals surface area contributed by atoms with Crippen LogP contribution in [-0.2, 0) is 22.6 Å². The maximum absolute atomic E-state index is 8.12. The van der Waals surface area contributed by atoms with Crippen LogP contribution in [0.25, 0.3) is 6.08 Å². The van der Waals surface area contributed by atoms with E-state index in [0.717, 1.165) is 18.7 Å². The minimum atomic E-state index is 0.250. The van der Waals surface area contributed by atoms with E-state index in [4.69, 9.17) is 9.59 Å². The average molecular weight is 204 g/mol. The fourth-order valence-electron chi connectivity index (χ4n) is 1.35. The summed E-state index contributed by atoms with van der Waals surface area (Å²) < 4.78 is 0. The predicted octanol–water partition coefficient (Wildman–Crippen LogP) is 1.13. The largest absolute Gasteiger partial charge is 0.385 e. The molecule has 0 fully saturated rings. The summed E-state index contributed by atoms with van der Waals surface area (Å²) in [6.07, 6.45) is 7.32. The summed E-state index contributed by atoms with van der Waals surface area (Å²) in [6, 6.07) is 2.21. The van der Waals surface area contributed by atoms with E-state index >= 15 is 0 Å². The second kappa shape index (κ2) is 5.73. The van der Waals surface area contributed by atoms with Gasteiger partial charge in [-0.1, -0.05) is 6.92 Å². The molecule has 4 heteroatoms. The molecule has 0 amide bonds. The fraction of sp³-hybridized carbons (Fsp3) is 0.273.